The third-order valence-corrected chi connectivity index (χ3v) is 12.7. The van der Waals surface area contributed by atoms with E-state index in [2.05, 4.69) is 15.6 Å². The number of sulfonamides is 1. The van der Waals surface area contributed by atoms with Gasteiger partial charge in [-0.3, -0.25) is 13.9 Å². The van der Waals surface area contributed by atoms with Gasteiger partial charge in [0.15, 0.2) is 0 Å². The molecule has 0 bridgehead atoms. The van der Waals surface area contributed by atoms with E-state index in [1.165, 1.54) is 65.3 Å². The number of aromatic nitrogens is 1. The van der Waals surface area contributed by atoms with Crippen molar-refractivity contribution in [3.05, 3.63) is 135 Å². The van der Waals surface area contributed by atoms with E-state index in [0.29, 0.717) is 28.2 Å². The highest BCUT2D eigenvalue weighted by atomic mass is 32.2. The van der Waals surface area contributed by atoms with E-state index in [-0.39, 0.29) is 40.3 Å². The fraction of sp³-hybridized carbons (Fsp3) is 0.279. The molecule has 1 aliphatic rings. The lowest BCUT2D eigenvalue weighted by atomic mass is 9.95. The summed E-state index contributed by atoms with van der Waals surface area (Å²) in [7, 11) is -2.84. The number of hydrogen-bond acceptors (Lipinski definition) is 10. The summed E-state index contributed by atoms with van der Waals surface area (Å²) in [5.74, 6) is -1.88. The molecule has 2 amide bonds. The molecule has 0 spiro atoms. The minimum Gasteiger partial charge on any atom is -0.465 e. The highest BCUT2D eigenvalue weighted by molar-refractivity contribution is 7.92. The zero-order chi connectivity index (χ0) is 40.7. The zero-order valence-corrected chi connectivity index (χ0v) is 33.8. The van der Waals surface area contributed by atoms with Gasteiger partial charge in [0, 0.05) is 22.2 Å². The minimum atomic E-state index is -4.19. The fourth-order valence-corrected chi connectivity index (χ4v) is 9.68. The van der Waals surface area contributed by atoms with Crippen molar-refractivity contribution in [2.24, 2.45) is 0 Å². The molecule has 5 aromatic rings. The van der Waals surface area contributed by atoms with E-state index in [1.54, 1.807) is 32.9 Å². The molecule has 2 aromatic heterocycles. The second-order valence-electron chi connectivity index (χ2n) is 13.8. The number of amides is 2. The number of aryl methyl sites for hydroxylation is 3. The maximum atomic E-state index is 14.1. The predicted octanol–water partition coefficient (Wildman–Crippen LogP) is 7.88. The lowest BCUT2D eigenvalue weighted by molar-refractivity contribution is 0.0518. The first-order valence-electron chi connectivity index (χ1n) is 18.7. The fourth-order valence-electron chi connectivity index (χ4n) is 6.70. The lowest BCUT2D eigenvalue weighted by Crippen LogP contribution is -2.37. The maximum Gasteiger partial charge on any atom is 0.356 e. The summed E-state index contributed by atoms with van der Waals surface area (Å²) in [5.41, 5.74) is 5.00. The second kappa shape index (κ2) is 17.9. The Morgan fingerprint density at radius 1 is 0.825 bits per heavy atom. The van der Waals surface area contributed by atoms with Crippen LogP contribution in [0.4, 0.5) is 16.4 Å². The van der Waals surface area contributed by atoms with E-state index in [0.717, 1.165) is 53.7 Å². The van der Waals surface area contributed by atoms with Crippen molar-refractivity contribution in [1.29, 1.82) is 0 Å². The van der Waals surface area contributed by atoms with E-state index >= 15 is 0 Å². The van der Waals surface area contributed by atoms with Crippen LogP contribution in [-0.2, 0) is 45.2 Å². The quantitative estimate of drug-likeness (QED) is 0.106. The van der Waals surface area contributed by atoms with Gasteiger partial charge in [0.2, 0.25) is 0 Å². The smallest absolute Gasteiger partial charge is 0.356 e. The summed E-state index contributed by atoms with van der Waals surface area (Å²) in [6.45, 7) is 5.28. The molecule has 2 heterocycles. The number of carbonyl (C=O) groups is 4. The van der Waals surface area contributed by atoms with Gasteiger partial charge in [0.1, 0.15) is 10.7 Å². The van der Waals surface area contributed by atoms with E-state index in [1.807, 2.05) is 36.4 Å². The number of hydrogen-bond donors (Lipinski definition) is 2. The topological polar surface area (TPSA) is 161 Å². The molecule has 6 rings (SSSR count). The number of ether oxygens (including phenoxy) is 2. The first-order chi connectivity index (χ1) is 27.4. The Kier molecular flexibility index (Phi) is 12.8. The van der Waals surface area contributed by atoms with E-state index in [4.69, 9.17) is 9.47 Å². The standard InChI is InChI=1S/C43H44N4O8S2/c1-5-55-43(51)36-24-23-33(26-44-36)47(27(2)3)57(52,53)34-10-8-9-31(25-34)39(48)46-41-38(35-11-6-7-12-37(35)56-41)40(49)45-32-21-17-29(18-22-32)14-13-28-15-19-30(20-16-28)42(50)54-4/h8-10,15-27H,5-7,11-14H2,1-4H3,(H,45,49)(H,46,48). The van der Waals surface area contributed by atoms with Crippen LogP contribution in [0, 0.1) is 0 Å². The molecular weight excluding hydrogens is 765 g/mol. The number of pyridine rings is 1. The molecule has 2 N–H and O–H groups in total. The molecular formula is C43H44N4O8S2. The van der Waals surface area contributed by atoms with Crippen molar-refractivity contribution in [2.45, 2.75) is 70.2 Å². The van der Waals surface area contributed by atoms with Gasteiger partial charge in [0.25, 0.3) is 21.8 Å². The van der Waals surface area contributed by atoms with Crippen LogP contribution in [0.2, 0.25) is 0 Å². The number of esters is 2. The Labute approximate surface area is 336 Å². The summed E-state index contributed by atoms with van der Waals surface area (Å²) in [5, 5.41) is 6.34. The number of nitrogens with zero attached hydrogens (tertiary/aromatic N) is 2. The van der Waals surface area contributed by atoms with Crippen LogP contribution in [0.25, 0.3) is 0 Å². The summed E-state index contributed by atoms with van der Waals surface area (Å²) < 4.78 is 39.0. The first-order valence-corrected chi connectivity index (χ1v) is 21.0. The average Bonchev–Trinajstić information content (AvgIpc) is 3.58. The second-order valence-corrected chi connectivity index (χ2v) is 16.7. The number of anilines is 3. The Bertz CT molecular complexity index is 2370. The number of fused-ring (bicyclic) bond motifs is 1. The van der Waals surface area contributed by atoms with Crippen LogP contribution < -0.4 is 14.9 Å². The van der Waals surface area contributed by atoms with E-state index < -0.39 is 27.9 Å². The van der Waals surface area contributed by atoms with E-state index in [9.17, 15) is 27.6 Å². The molecule has 0 aliphatic heterocycles. The van der Waals surface area contributed by atoms with Gasteiger partial charge in [0.05, 0.1) is 41.6 Å². The summed E-state index contributed by atoms with van der Waals surface area (Å²) in [6, 6.07) is 23.1. The first kappa shape index (κ1) is 40.8. The van der Waals surface area contributed by atoms with Crippen molar-refractivity contribution in [2.75, 3.05) is 28.7 Å². The minimum absolute atomic E-state index is 0.0515. The van der Waals surface area contributed by atoms with Gasteiger partial charge in [-0.05, 0) is 131 Å². The number of benzene rings is 3. The van der Waals surface area contributed by atoms with Crippen molar-refractivity contribution >= 4 is 61.5 Å². The van der Waals surface area contributed by atoms with Gasteiger partial charge in [-0.15, -0.1) is 11.3 Å². The average molecular weight is 809 g/mol. The van der Waals surface area contributed by atoms with Crippen molar-refractivity contribution in [3.8, 4) is 0 Å². The molecule has 1 aliphatic carbocycles. The van der Waals surface area contributed by atoms with Gasteiger partial charge >= 0.3 is 11.9 Å². The largest absolute Gasteiger partial charge is 0.465 e. The Morgan fingerprint density at radius 2 is 1.51 bits per heavy atom. The molecule has 0 saturated heterocycles. The number of thiophene rings is 1. The van der Waals surface area contributed by atoms with Crippen LogP contribution >= 0.6 is 11.3 Å². The molecule has 12 nitrogen and oxygen atoms in total. The van der Waals surface area contributed by atoms with Gasteiger partial charge in [-0.2, -0.15) is 0 Å². The Morgan fingerprint density at radius 3 is 2.14 bits per heavy atom. The summed E-state index contributed by atoms with van der Waals surface area (Å²) in [6.07, 6.45) is 6.24. The third-order valence-electron chi connectivity index (χ3n) is 9.52. The predicted molar refractivity (Wildman–Crippen MR) is 220 cm³/mol. The molecule has 0 saturated carbocycles. The number of rotatable bonds is 14. The molecule has 14 heteroatoms. The zero-order valence-electron chi connectivity index (χ0n) is 32.2. The monoisotopic (exact) mass is 808 g/mol. The van der Waals surface area contributed by atoms with Crippen molar-refractivity contribution in [3.63, 3.8) is 0 Å². The summed E-state index contributed by atoms with van der Waals surface area (Å²) in [4.78, 5) is 56.6. The molecule has 0 fully saturated rings. The van der Waals surface area contributed by atoms with Gasteiger partial charge in [-0.1, -0.05) is 30.3 Å². The number of carbonyl (C=O) groups excluding carboxylic acids is 4. The number of methoxy groups -OCH3 is 1. The van der Waals surface area contributed by atoms with Crippen LogP contribution in [-0.4, -0.2) is 56.9 Å². The lowest BCUT2D eigenvalue weighted by Gasteiger charge is -2.28. The molecule has 3 aromatic carbocycles. The molecule has 0 radical (unpaired) electrons. The highest BCUT2D eigenvalue weighted by Gasteiger charge is 2.30. The van der Waals surface area contributed by atoms with Crippen LogP contribution in [0.3, 0.4) is 0 Å². The van der Waals surface area contributed by atoms with Crippen molar-refractivity contribution in [1.82, 2.24) is 4.98 Å². The highest BCUT2D eigenvalue weighted by Crippen LogP contribution is 2.39. The Hall–Kier alpha value is -5.86. The molecule has 57 heavy (non-hydrogen) atoms. The third kappa shape index (κ3) is 9.41. The SMILES string of the molecule is CCOC(=O)c1ccc(N(C(C)C)S(=O)(=O)c2cccc(C(=O)Nc3sc4c(c3C(=O)Nc3ccc(CCc5ccc(C(=O)OC)cc5)cc3)CCCC4)c2)cn1. The van der Waals surface area contributed by atoms with Gasteiger partial charge in [-0.25, -0.2) is 23.0 Å². The van der Waals surface area contributed by atoms with Crippen molar-refractivity contribution < 1.29 is 37.1 Å². The molecule has 0 atom stereocenters. The van der Waals surface area contributed by atoms with Gasteiger partial charge < -0.3 is 20.1 Å². The van der Waals surface area contributed by atoms with Crippen LogP contribution in [0.1, 0.15) is 96.7 Å². The van der Waals surface area contributed by atoms with Crippen LogP contribution in [0.15, 0.2) is 96.0 Å². The summed E-state index contributed by atoms with van der Waals surface area (Å²) >= 11 is 1.37. The van der Waals surface area contributed by atoms with Crippen LogP contribution in [0.5, 0.6) is 0 Å². The maximum absolute atomic E-state index is 14.1. The number of nitrogens with one attached hydrogen (secondary N) is 2. The Balaban J connectivity index is 1.17. The molecule has 296 valence electrons. The normalized spacial score (nSPS) is 12.4. The molecule has 0 unspecified atom stereocenters.